The highest BCUT2D eigenvalue weighted by atomic mass is 16.5. The Hall–Kier alpha value is -0.820. The summed E-state index contributed by atoms with van der Waals surface area (Å²) < 4.78 is 6.34. The van der Waals surface area contributed by atoms with Gasteiger partial charge in [-0.15, -0.1) is 0 Å². The molecule has 0 N–H and O–H groups in total. The molecule has 0 heterocycles. The molecular formula is C24H38O. The smallest absolute Gasteiger partial charge is 0.0575 e. The third-order valence-corrected chi connectivity index (χ3v) is 6.70. The molecule has 0 saturated heterocycles. The molecule has 1 aromatic rings. The van der Waals surface area contributed by atoms with Crippen LogP contribution in [-0.2, 0) is 4.74 Å². The number of rotatable bonds is 8. The molecule has 140 valence electrons. The minimum Gasteiger partial charge on any atom is -0.378 e. The highest BCUT2D eigenvalue weighted by Crippen LogP contribution is 2.36. The lowest BCUT2D eigenvalue weighted by Crippen LogP contribution is -2.25. The van der Waals surface area contributed by atoms with Gasteiger partial charge in [-0.05, 0) is 61.8 Å². The standard InChI is InChI=1S/C24H38O/c1-2-3-5-8-20-11-13-21(14-12-20)19-25-24-17-15-23(16-18-24)22-9-6-4-7-10-22/h4,6-7,9-10,20-21,23-24H,2-3,5,8,11-19H2,1H3/t20-,21-,23-,24-. The first-order valence-electron chi connectivity index (χ1n) is 11.0. The lowest BCUT2D eigenvalue weighted by atomic mass is 9.80. The Balaban J connectivity index is 1.29. The maximum Gasteiger partial charge on any atom is 0.0575 e. The van der Waals surface area contributed by atoms with Crippen molar-refractivity contribution in [3.05, 3.63) is 35.9 Å². The summed E-state index contributed by atoms with van der Waals surface area (Å²) in [6, 6.07) is 11.1. The zero-order valence-corrected chi connectivity index (χ0v) is 16.3. The second-order valence-electron chi connectivity index (χ2n) is 8.60. The molecule has 25 heavy (non-hydrogen) atoms. The van der Waals surface area contributed by atoms with E-state index in [0.717, 1.165) is 24.4 Å². The van der Waals surface area contributed by atoms with E-state index in [4.69, 9.17) is 4.74 Å². The molecule has 2 saturated carbocycles. The third-order valence-electron chi connectivity index (χ3n) is 6.70. The topological polar surface area (TPSA) is 9.23 Å². The average Bonchev–Trinajstić information content (AvgIpc) is 2.69. The minimum atomic E-state index is 0.530. The van der Waals surface area contributed by atoms with E-state index in [1.54, 1.807) is 0 Å². The van der Waals surface area contributed by atoms with E-state index < -0.39 is 0 Å². The molecule has 0 radical (unpaired) electrons. The highest BCUT2D eigenvalue weighted by molar-refractivity contribution is 5.19. The Kier molecular flexibility index (Phi) is 7.85. The van der Waals surface area contributed by atoms with E-state index >= 15 is 0 Å². The Morgan fingerprint density at radius 1 is 0.800 bits per heavy atom. The molecule has 2 aliphatic rings. The van der Waals surface area contributed by atoms with Crippen molar-refractivity contribution in [1.82, 2.24) is 0 Å². The second-order valence-corrected chi connectivity index (χ2v) is 8.60. The average molecular weight is 343 g/mol. The molecule has 1 nitrogen and oxygen atoms in total. The highest BCUT2D eigenvalue weighted by Gasteiger charge is 2.25. The van der Waals surface area contributed by atoms with Crippen LogP contribution in [-0.4, -0.2) is 12.7 Å². The number of hydrogen-bond donors (Lipinski definition) is 0. The van der Waals surface area contributed by atoms with Crippen LogP contribution >= 0.6 is 0 Å². The number of unbranched alkanes of at least 4 members (excludes halogenated alkanes) is 2. The molecule has 2 fully saturated rings. The lowest BCUT2D eigenvalue weighted by molar-refractivity contribution is -0.00483. The molecule has 0 unspecified atom stereocenters. The predicted molar refractivity (Wildman–Crippen MR) is 107 cm³/mol. The van der Waals surface area contributed by atoms with E-state index in [1.165, 1.54) is 82.6 Å². The van der Waals surface area contributed by atoms with E-state index in [9.17, 15) is 0 Å². The second kappa shape index (κ2) is 10.4. The van der Waals surface area contributed by atoms with Gasteiger partial charge in [0.2, 0.25) is 0 Å². The fourth-order valence-corrected chi connectivity index (χ4v) is 4.93. The first-order chi connectivity index (χ1) is 12.3. The zero-order chi connectivity index (χ0) is 17.3. The van der Waals surface area contributed by atoms with Crippen LogP contribution in [0, 0.1) is 11.8 Å². The fraction of sp³-hybridized carbons (Fsp3) is 0.750. The maximum absolute atomic E-state index is 6.34. The Morgan fingerprint density at radius 2 is 1.48 bits per heavy atom. The molecule has 0 aromatic heterocycles. The van der Waals surface area contributed by atoms with Gasteiger partial charge in [0, 0.05) is 6.61 Å². The molecule has 0 aliphatic heterocycles. The van der Waals surface area contributed by atoms with E-state index in [1.807, 2.05) is 0 Å². The van der Waals surface area contributed by atoms with Crippen molar-refractivity contribution in [1.29, 1.82) is 0 Å². The molecule has 0 spiro atoms. The normalized spacial score (nSPS) is 30.3. The third kappa shape index (κ3) is 6.13. The van der Waals surface area contributed by atoms with E-state index in [2.05, 4.69) is 37.3 Å². The summed E-state index contributed by atoms with van der Waals surface area (Å²) in [6.45, 7) is 3.34. The van der Waals surface area contributed by atoms with Crippen LogP contribution in [0.1, 0.15) is 95.5 Å². The molecular weight excluding hydrogens is 304 g/mol. The Bertz CT molecular complexity index is 452. The van der Waals surface area contributed by atoms with Gasteiger partial charge in [-0.3, -0.25) is 0 Å². The van der Waals surface area contributed by atoms with Crippen LogP contribution in [0.3, 0.4) is 0 Å². The van der Waals surface area contributed by atoms with Crippen molar-refractivity contribution in [2.24, 2.45) is 11.8 Å². The summed E-state index contributed by atoms with van der Waals surface area (Å²) in [6.07, 6.45) is 17.1. The van der Waals surface area contributed by atoms with Gasteiger partial charge in [0.25, 0.3) is 0 Å². The van der Waals surface area contributed by atoms with Gasteiger partial charge in [-0.25, -0.2) is 0 Å². The fourth-order valence-electron chi connectivity index (χ4n) is 4.93. The monoisotopic (exact) mass is 342 g/mol. The van der Waals surface area contributed by atoms with Gasteiger partial charge in [0.1, 0.15) is 0 Å². The quantitative estimate of drug-likeness (QED) is 0.457. The lowest BCUT2D eigenvalue weighted by Gasteiger charge is -2.32. The number of hydrogen-bond acceptors (Lipinski definition) is 1. The van der Waals surface area contributed by atoms with Gasteiger partial charge in [0.15, 0.2) is 0 Å². The zero-order valence-electron chi connectivity index (χ0n) is 16.3. The summed E-state index contributed by atoms with van der Waals surface area (Å²) in [5.41, 5.74) is 1.53. The van der Waals surface area contributed by atoms with Gasteiger partial charge in [-0.2, -0.15) is 0 Å². The van der Waals surface area contributed by atoms with Crippen molar-refractivity contribution >= 4 is 0 Å². The van der Waals surface area contributed by atoms with Crippen LogP contribution in [0.25, 0.3) is 0 Å². The van der Waals surface area contributed by atoms with Gasteiger partial charge in [-0.1, -0.05) is 75.8 Å². The van der Waals surface area contributed by atoms with E-state index in [0.29, 0.717) is 6.10 Å². The molecule has 0 amide bonds. The van der Waals surface area contributed by atoms with Crippen molar-refractivity contribution in [3.8, 4) is 0 Å². The summed E-state index contributed by atoms with van der Waals surface area (Å²) in [7, 11) is 0. The Morgan fingerprint density at radius 3 is 2.16 bits per heavy atom. The number of benzene rings is 1. The molecule has 1 aromatic carbocycles. The first kappa shape index (κ1) is 19.0. The molecule has 1 heteroatoms. The minimum absolute atomic E-state index is 0.530. The van der Waals surface area contributed by atoms with Gasteiger partial charge >= 0.3 is 0 Å². The van der Waals surface area contributed by atoms with Crippen molar-refractivity contribution in [3.63, 3.8) is 0 Å². The van der Waals surface area contributed by atoms with Crippen LogP contribution in [0.2, 0.25) is 0 Å². The maximum atomic E-state index is 6.34. The van der Waals surface area contributed by atoms with Crippen LogP contribution in [0.5, 0.6) is 0 Å². The predicted octanol–water partition coefficient (Wildman–Crippen LogP) is 7.12. The van der Waals surface area contributed by atoms with Crippen LogP contribution in [0.15, 0.2) is 30.3 Å². The molecule has 0 bridgehead atoms. The molecule has 0 atom stereocenters. The van der Waals surface area contributed by atoms with Crippen molar-refractivity contribution in [2.75, 3.05) is 6.61 Å². The summed E-state index contributed by atoms with van der Waals surface area (Å²) in [5.74, 6) is 2.62. The van der Waals surface area contributed by atoms with Crippen molar-refractivity contribution in [2.45, 2.75) is 96.0 Å². The van der Waals surface area contributed by atoms with Crippen molar-refractivity contribution < 1.29 is 4.74 Å². The van der Waals surface area contributed by atoms with Crippen LogP contribution in [0.4, 0.5) is 0 Å². The van der Waals surface area contributed by atoms with Crippen LogP contribution < -0.4 is 0 Å². The summed E-state index contributed by atoms with van der Waals surface area (Å²) in [4.78, 5) is 0. The SMILES string of the molecule is CCCCC[C@H]1CC[C@H](CO[C@H]2CC[C@H](c3ccccc3)CC2)CC1. The van der Waals surface area contributed by atoms with E-state index in [-0.39, 0.29) is 0 Å². The molecule has 2 aliphatic carbocycles. The summed E-state index contributed by atoms with van der Waals surface area (Å²) in [5, 5.41) is 0. The number of ether oxygens (including phenoxy) is 1. The Labute approximate surface area is 155 Å². The summed E-state index contributed by atoms with van der Waals surface area (Å²) >= 11 is 0. The first-order valence-corrected chi connectivity index (χ1v) is 11.0. The molecule has 3 rings (SSSR count). The van der Waals surface area contributed by atoms with Gasteiger partial charge < -0.3 is 4.74 Å². The van der Waals surface area contributed by atoms with Gasteiger partial charge in [0.05, 0.1) is 6.10 Å². The largest absolute Gasteiger partial charge is 0.378 e.